The number of hydrogen-bond donors (Lipinski definition) is 1. The van der Waals surface area contributed by atoms with Crippen molar-refractivity contribution in [1.29, 1.82) is 0 Å². The van der Waals surface area contributed by atoms with E-state index in [0.29, 0.717) is 17.9 Å². The summed E-state index contributed by atoms with van der Waals surface area (Å²) in [7, 11) is 0. The van der Waals surface area contributed by atoms with Gasteiger partial charge in [0.05, 0.1) is 0 Å². The first-order valence-corrected chi connectivity index (χ1v) is 11.8. The second-order valence-electron chi connectivity index (χ2n) is 9.27. The highest BCUT2D eigenvalue weighted by Gasteiger charge is 2.48. The van der Waals surface area contributed by atoms with E-state index in [1.54, 1.807) is 0 Å². The maximum atomic E-state index is 10.1. The molecule has 1 N–H and O–H groups in total. The Morgan fingerprint density at radius 3 is 2.44 bits per heavy atom. The normalized spacial score (nSPS) is 27.4. The first-order valence-electron chi connectivity index (χ1n) is 11.0. The topological polar surface area (TPSA) is 26.7 Å². The number of piperidine rings is 1. The first kappa shape index (κ1) is 19.8. The van der Waals surface area contributed by atoms with E-state index in [9.17, 15) is 5.11 Å². The highest BCUT2D eigenvalue weighted by Crippen LogP contribution is 2.47. The molecule has 1 saturated carbocycles. The summed E-state index contributed by atoms with van der Waals surface area (Å²) in [6, 6.07) is 8.85. The molecule has 2 heterocycles. The van der Waals surface area contributed by atoms with Crippen LogP contribution in [0.15, 0.2) is 29.2 Å². The molecule has 1 spiro atoms. The Hall–Kier alpha value is -0.550. The summed E-state index contributed by atoms with van der Waals surface area (Å²) < 4.78 is 2.52. The number of aliphatic hydroxyl groups excluding tert-OH is 1. The largest absolute Gasteiger partial charge is 0.396 e. The van der Waals surface area contributed by atoms with Crippen LogP contribution < -0.4 is 0 Å². The minimum Gasteiger partial charge on any atom is -0.396 e. The Balaban J connectivity index is 1.32. The van der Waals surface area contributed by atoms with Gasteiger partial charge in [-0.05, 0) is 81.1 Å². The van der Waals surface area contributed by atoms with Crippen LogP contribution in [0, 0.1) is 24.2 Å². The molecule has 1 atom stereocenters. The molecule has 3 nitrogen and oxygen atoms in total. The van der Waals surface area contributed by atoms with Crippen LogP contribution in [0.1, 0.15) is 50.5 Å². The molecular formula is C23H36N2OS. The smallest absolute Gasteiger partial charge is 0.0477 e. The van der Waals surface area contributed by atoms with E-state index in [0.717, 1.165) is 19.0 Å². The van der Waals surface area contributed by atoms with E-state index in [-0.39, 0.29) is 0 Å². The molecule has 27 heavy (non-hydrogen) atoms. The van der Waals surface area contributed by atoms with Gasteiger partial charge in [-0.15, -0.1) is 0 Å². The first-order chi connectivity index (χ1) is 13.2. The molecule has 1 aromatic rings. The summed E-state index contributed by atoms with van der Waals surface area (Å²) in [4.78, 5) is 4.05. The molecule has 2 aliphatic heterocycles. The van der Waals surface area contributed by atoms with Crippen LogP contribution in [0.2, 0.25) is 0 Å². The van der Waals surface area contributed by atoms with Crippen LogP contribution in [-0.4, -0.2) is 53.6 Å². The second kappa shape index (κ2) is 8.86. The monoisotopic (exact) mass is 388 g/mol. The number of benzene rings is 1. The van der Waals surface area contributed by atoms with Gasteiger partial charge >= 0.3 is 0 Å². The number of aryl methyl sites for hydroxylation is 1. The molecule has 3 aliphatic rings. The quantitative estimate of drug-likeness (QED) is 0.747. The molecule has 0 aromatic heterocycles. The molecule has 1 aromatic carbocycles. The zero-order valence-corrected chi connectivity index (χ0v) is 17.7. The molecule has 0 amide bonds. The standard InChI is InChI=1S/C23H36N2OS/c1-19-7-9-22(10-8-19)27-25-16-21(17-26)23(18-25)11-13-24(14-12-23)15-20-5-3-2-4-6-20/h7-10,20-21,26H,2-6,11-18H2,1H3. The molecule has 1 unspecified atom stereocenters. The lowest BCUT2D eigenvalue weighted by molar-refractivity contribution is 0.0437. The van der Waals surface area contributed by atoms with E-state index >= 15 is 0 Å². The van der Waals surface area contributed by atoms with Gasteiger partial charge in [0.15, 0.2) is 0 Å². The summed E-state index contributed by atoms with van der Waals surface area (Å²) >= 11 is 1.88. The predicted molar refractivity (Wildman–Crippen MR) is 114 cm³/mol. The van der Waals surface area contributed by atoms with Gasteiger partial charge < -0.3 is 10.0 Å². The van der Waals surface area contributed by atoms with E-state index in [1.165, 1.54) is 75.0 Å². The van der Waals surface area contributed by atoms with Crippen molar-refractivity contribution in [2.24, 2.45) is 17.3 Å². The molecule has 4 heteroatoms. The van der Waals surface area contributed by atoms with Crippen LogP contribution in [0.4, 0.5) is 0 Å². The van der Waals surface area contributed by atoms with E-state index in [4.69, 9.17) is 0 Å². The van der Waals surface area contributed by atoms with Crippen molar-refractivity contribution in [3.63, 3.8) is 0 Å². The van der Waals surface area contributed by atoms with Crippen molar-refractivity contribution in [3.05, 3.63) is 29.8 Å². The number of rotatable bonds is 5. The van der Waals surface area contributed by atoms with E-state index < -0.39 is 0 Å². The van der Waals surface area contributed by atoms with E-state index in [2.05, 4.69) is 40.4 Å². The van der Waals surface area contributed by atoms with E-state index in [1.807, 2.05) is 11.9 Å². The average Bonchev–Trinajstić information content (AvgIpc) is 3.03. The lowest BCUT2D eigenvalue weighted by atomic mass is 9.71. The van der Waals surface area contributed by atoms with Gasteiger partial charge in [-0.25, -0.2) is 4.31 Å². The number of nitrogens with zero attached hydrogens (tertiary/aromatic N) is 2. The zero-order valence-electron chi connectivity index (χ0n) is 16.9. The van der Waals surface area contributed by atoms with Gasteiger partial charge in [-0.3, -0.25) is 0 Å². The van der Waals surface area contributed by atoms with Crippen molar-refractivity contribution < 1.29 is 5.11 Å². The fourth-order valence-electron chi connectivity index (χ4n) is 5.54. The predicted octanol–water partition coefficient (Wildman–Crippen LogP) is 4.59. The minimum atomic E-state index is 0.329. The molecule has 3 fully saturated rings. The maximum absolute atomic E-state index is 10.1. The Labute approximate surface area is 169 Å². The SMILES string of the molecule is Cc1ccc(SN2CC(CO)C3(CCN(CC4CCCCC4)CC3)C2)cc1. The van der Waals surface area contributed by atoms with Crippen molar-refractivity contribution >= 4 is 11.9 Å². The van der Waals surface area contributed by atoms with Gasteiger partial charge in [-0.1, -0.05) is 37.0 Å². The van der Waals surface area contributed by atoms with Gasteiger partial charge in [0, 0.05) is 37.1 Å². The lowest BCUT2D eigenvalue weighted by Crippen LogP contribution is -2.46. The van der Waals surface area contributed by atoms with Crippen LogP contribution in [0.5, 0.6) is 0 Å². The van der Waals surface area contributed by atoms with Crippen LogP contribution in [0.3, 0.4) is 0 Å². The fraction of sp³-hybridized carbons (Fsp3) is 0.739. The fourth-order valence-corrected chi connectivity index (χ4v) is 6.67. The highest BCUT2D eigenvalue weighted by atomic mass is 32.2. The summed E-state index contributed by atoms with van der Waals surface area (Å²) in [6.45, 7) is 8.43. The number of likely N-dealkylation sites (tertiary alicyclic amines) is 1. The summed E-state index contributed by atoms with van der Waals surface area (Å²) in [5.41, 5.74) is 1.64. The minimum absolute atomic E-state index is 0.329. The zero-order chi connectivity index (χ0) is 18.7. The van der Waals surface area contributed by atoms with Gasteiger partial charge in [0.2, 0.25) is 0 Å². The molecule has 2 saturated heterocycles. The molecule has 150 valence electrons. The third kappa shape index (κ3) is 4.72. The summed E-state index contributed by atoms with van der Waals surface area (Å²) in [6.07, 6.45) is 9.75. The number of aliphatic hydroxyl groups is 1. The summed E-state index contributed by atoms with van der Waals surface area (Å²) in [5.74, 6) is 1.38. The number of hydrogen-bond acceptors (Lipinski definition) is 4. The second-order valence-corrected chi connectivity index (χ2v) is 10.4. The maximum Gasteiger partial charge on any atom is 0.0477 e. The third-order valence-corrected chi connectivity index (χ3v) is 8.37. The van der Waals surface area contributed by atoms with Gasteiger partial charge in [0.25, 0.3) is 0 Å². The van der Waals surface area contributed by atoms with Gasteiger partial charge in [-0.2, -0.15) is 0 Å². The van der Waals surface area contributed by atoms with Crippen molar-refractivity contribution in [2.45, 2.75) is 56.8 Å². The van der Waals surface area contributed by atoms with Crippen LogP contribution in [0.25, 0.3) is 0 Å². The lowest BCUT2D eigenvalue weighted by Gasteiger charge is -2.43. The molecule has 0 bridgehead atoms. The molecule has 1 aliphatic carbocycles. The Morgan fingerprint density at radius 1 is 1.07 bits per heavy atom. The average molecular weight is 389 g/mol. The van der Waals surface area contributed by atoms with Crippen molar-refractivity contribution in [3.8, 4) is 0 Å². The Bertz CT molecular complexity index is 591. The van der Waals surface area contributed by atoms with Crippen molar-refractivity contribution in [1.82, 2.24) is 9.21 Å². The highest BCUT2D eigenvalue weighted by molar-refractivity contribution is 7.97. The molecular weight excluding hydrogens is 352 g/mol. The molecule has 4 rings (SSSR count). The third-order valence-electron chi connectivity index (χ3n) is 7.35. The Kier molecular flexibility index (Phi) is 6.48. The van der Waals surface area contributed by atoms with Crippen LogP contribution in [-0.2, 0) is 0 Å². The van der Waals surface area contributed by atoms with Crippen LogP contribution >= 0.6 is 11.9 Å². The van der Waals surface area contributed by atoms with Gasteiger partial charge in [0.1, 0.15) is 0 Å². The summed E-state index contributed by atoms with van der Waals surface area (Å²) in [5, 5.41) is 10.1. The van der Waals surface area contributed by atoms with Crippen molar-refractivity contribution in [2.75, 3.05) is 39.3 Å². The Morgan fingerprint density at radius 2 is 1.78 bits per heavy atom. The molecule has 0 radical (unpaired) electrons.